The van der Waals surface area contributed by atoms with Crippen LogP contribution in [0, 0.1) is 18.3 Å². The highest BCUT2D eigenvalue weighted by Gasteiger charge is 2.31. The quantitative estimate of drug-likeness (QED) is 0.219. The lowest BCUT2D eigenvalue weighted by Crippen LogP contribution is -2.30. The molecular weight excluding hydrogens is 603 g/mol. The van der Waals surface area contributed by atoms with E-state index in [2.05, 4.69) is 69.0 Å². The number of benzene rings is 3. The molecule has 1 aliphatic heterocycles. The summed E-state index contributed by atoms with van der Waals surface area (Å²) in [7, 11) is 0. The third-order valence-corrected chi connectivity index (χ3v) is 8.11. The first kappa shape index (κ1) is 31.6. The van der Waals surface area contributed by atoms with E-state index in [0.29, 0.717) is 33.7 Å². The van der Waals surface area contributed by atoms with Gasteiger partial charge < -0.3 is 15.0 Å². The van der Waals surface area contributed by atoms with Gasteiger partial charge in [-0.15, -0.1) is 18.3 Å². The Bertz CT molecular complexity index is 1730. The molecule has 0 saturated carbocycles. The Morgan fingerprint density at radius 1 is 1.13 bits per heavy atom. The molecule has 232 valence electrons. The average molecular weight is 634 g/mol. The van der Waals surface area contributed by atoms with Crippen LogP contribution in [0.5, 0.6) is 5.75 Å². The van der Waals surface area contributed by atoms with Crippen molar-refractivity contribution in [1.82, 2.24) is 20.1 Å². The molecule has 1 aromatic heterocycles. The van der Waals surface area contributed by atoms with Gasteiger partial charge in [-0.05, 0) is 59.9 Å². The monoisotopic (exact) mass is 633 g/mol. The average Bonchev–Trinajstić information content (AvgIpc) is 3.67. The van der Waals surface area contributed by atoms with E-state index in [9.17, 15) is 23.2 Å². The summed E-state index contributed by atoms with van der Waals surface area (Å²) in [6.07, 6.45) is -3.32. The fourth-order valence-electron chi connectivity index (χ4n) is 5.11. The third-order valence-electron chi connectivity index (χ3n) is 7.15. The normalized spacial score (nSPS) is 14.9. The standard InChI is InChI=1S/C32H30F3N7O2S/c1-20(2)28-21(3)5-4-6-27(28)41-15-16-45-31(41)39-30(43)37-18-24(17-36)22-7-9-23(10-8-22)29-38-19-42(40-29)25-11-13-26(14-12-25)44-32(33,34)35/h4-14,19-20,24H,15-16,18H2,1-3H3,(H,37,43). The van der Waals surface area contributed by atoms with E-state index in [-0.39, 0.29) is 12.3 Å². The van der Waals surface area contributed by atoms with E-state index in [0.717, 1.165) is 18.0 Å². The lowest BCUT2D eigenvalue weighted by Gasteiger charge is -2.24. The van der Waals surface area contributed by atoms with Crippen LogP contribution >= 0.6 is 11.8 Å². The first-order valence-corrected chi connectivity index (χ1v) is 15.1. The van der Waals surface area contributed by atoms with Crippen molar-refractivity contribution in [2.45, 2.75) is 39.0 Å². The molecule has 1 N–H and O–H groups in total. The van der Waals surface area contributed by atoms with Crippen molar-refractivity contribution >= 4 is 28.6 Å². The number of rotatable bonds is 8. The summed E-state index contributed by atoms with van der Waals surface area (Å²) in [5.74, 6) is 0.588. The Kier molecular flexibility index (Phi) is 9.43. The van der Waals surface area contributed by atoms with Gasteiger partial charge in [0.05, 0.1) is 17.7 Å². The third kappa shape index (κ3) is 7.64. The lowest BCUT2D eigenvalue weighted by molar-refractivity contribution is -0.274. The predicted molar refractivity (Wildman–Crippen MR) is 168 cm³/mol. The zero-order chi connectivity index (χ0) is 32.1. The van der Waals surface area contributed by atoms with E-state index in [1.54, 1.807) is 24.3 Å². The fourth-order valence-corrected chi connectivity index (χ4v) is 6.06. The van der Waals surface area contributed by atoms with Crippen LogP contribution in [0.3, 0.4) is 0 Å². The second kappa shape index (κ2) is 13.4. The first-order valence-electron chi connectivity index (χ1n) is 14.2. The van der Waals surface area contributed by atoms with Crippen LogP contribution < -0.4 is 15.0 Å². The van der Waals surface area contributed by atoms with Crippen LogP contribution in [0.4, 0.5) is 23.7 Å². The Labute approximate surface area is 262 Å². The Hall–Kier alpha value is -4.83. The Morgan fingerprint density at radius 2 is 1.87 bits per heavy atom. The van der Waals surface area contributed by atoms with Gasteiger partial charge in [0, 0.05) is 30.1 Å². The number of nitrogens with one attached hydrogen (secondary N) is 1. The number of carbonyl (C=O) groups excluding carboxylic acids is 1. The Morgan fingerprint density at radius 3 is 2.53 bits per heavy atom. The van der Waals surface area contributed by atoms with Gasteiger partial charge in [0.2, 0.25) is 0 Å². The maximum atomic E-state index is 12.8. The summed E-state index contributed by atoms with van der Waals surface area (Å²) < 4.78 is 42.6. The van der Waals surface area contributed by atoms with Crippen molar-refractivity contribution in [3.05, 3.63) is 89.7 Å². The molecule has 0 radical (unpaired) electrons. The number of alkyl halides is 3. The summed E-state index contributed by atoms with van der Waals surface area (Å²) in [6, 6.07) is 20.2. The van der Waals surface area contributed by atoms with E-state index in [1.165, 1.54) is 58.2 Å². The molecule has 9 nitrogen and oxygen atoms in total. The summed E-state index contributed by atoms with van der Waals surface area (Å²) in [5.41, 5.74) is 5.37. The van der Waals surface area contributed by atoms with Gasteiger partial charge in [0.1, 0.15) is 12.1 Å². The van der Waals surface area contributed by atoms with Crippen molar-refractivity contribution in [2.24, 2.45) is 4.99 Å². The van der Waals surface area contributed by atoms with Gasteiger partial charge in [-0.2, -0.15) is 10.3 Å². The minimum Gasteiger partial charge on any atom is -0.406 e. The van der Waals surface area contributed by atoms with Gasteiger partial charge in [-0.25, -0.2) is 14.5 Å². The number of aryl methyl sites for hydroxylation is 1. The molecule has 1 unspecified atom stereocenters. The first-order chi connectivity index (χ1) is 21.5. The number of amides is 2. The highest BCUT2D eigenvalue weighted by Crippen LogP contribution is 2.34. The number of amidine groups is 1. The lowest BCUT2D eigenvalue weighted by atomic mass is 9.95. The Balaban J connectivity index is 1.22. The zero-order valence-corrected chi connectivity index (χ0v) is 25.6. The molecule has 3 aromatic carbocycles. The minimum absolute atomic E-state index is 0.0821. The molecular formula is C32H30F3N7O2S. The predicted octanol–water partition coefficient (Wildman–Crippen LogP) is 7.19. The van der Waals surface area contributed by atoms with E-state index < -0.39 is 18.3 Å². The van der Waals surface area contributed by atoms with Crippen LogP contribution in [0.2, 0.25) is 0 Å². The molecule has 45 heavy (non-hydrogen) atoms. The molecule has 1 aliphatic rings. The number of hydrogen-bond donors (Lipinski definition) is 1. The van der Waals surface area contributed by atoms with Gasteiger partial charge in [0.15, 0.2) is 11.0 Å². The van der Waals surface area contributed by atoms with E-state index in [1.807, 2.05) is 6.07 Å². The molecule has 5 rings (SSSR count). The van der Waals surface area contributed by atoms with Crippen molar-refractivity contribution in [3.63, 3.8) is 0 Å². The SMILES string of the molecule is Cc1cccc(N2CCSC2=NC(=O)NCC(C#N)c2ccc(-c3ncn(-c4ccc(OC(F)(F)F)cc4)n3)cc2)c1C(C)C. The van der Waals surface area contributed by atoms with Gasteiger partial charge >= 0.3 is 12.4 Å². The summed E-state index contributed by atoms with van der Waals surface area (Å²) in [5, 5.41) is 17.6. The second-order valence-electron chi connectivity index (χ2n) is 10.6. The molecule has 4 aromatic rings. The smallest absolute Gasteiger partial charge is 0.406 e. The number of urea groups is 1. The molecule has 2 amide bonds. The second-order valence-corrected chi connectivity index (χ2v) is 11.7. The minimum atomic E-state index is -4.77. The van der Waals surface area contributed by atoms with Gasteiger partial charge in [-0.3, -0.25) is 0 Å². The number of anilines is 1. The number of nitriles is 1. The highest BCUT2D eigenvalue weighted by molar-refractivity contribution is 8.14. The number of halogens is 3. The largest absolute Gasteiger partial charge is 0.573 e. The number of nitrogens with zero attached hydrogens (tertiary/aromatic N) is 6. The number of carbonyl (C=O) groups is 1. The zero-order valence-electron chi connectivity index (χ0n) is 24.7. The number of ether oxygens (including phenoxy) is 1. The molecule has 1 saturated heterocycles. The molecule has 2 heterocycles. The maximum absolute atomic E-state index is 12.8. The molecule has 0 spiro atoms. The van der Waals surface area contributed by atoms with Crippen molar-refractivity contribution in [2.75, 3.05) is 23.7 Å². The number of aliphatic imine (C=N–C) groups is 1. The van der Waals surface area contributed by atoms with Crippen LogP contribution in [0.25, 0.3) is 17.1 Å². The molecule has 1 atom stereocenters. The van der Waals surface area contributed by atoms with Crippen molar-refractivity contribution < 1.29 is 22.7 Å². The number of thioether (sulfide) groups is 1. The van der Waals surface area contributed by atoms with Crippen LogP contribution in [-0.2, 0) is 0 Å². The summed E-state index contributed by atoms with van der Waals surface area (Å²) in [4.78, 5) is 23.5. The van der Waals surface area contributed by atoms with Crippen molar-refractivity contribution in [3.8, 4) is 28.9 Å². The highest BCUT2D eigenvalue weighted by atomic mass is 32.2. The van der Waals surface area contributed by atoms with E-state index in [4.69, 9.17) is 0 Å². The van der Waals surface area contributed by atoms with Crippen LogP contribution in [0.15, 0.2) is 78.0 Å². The van der Waals surface area contributed by atoms with E-state index >= 15 is 0 Å². The molecule has 0 bridgehead atoms. The maximum Gasteiger partial charge on any atom is 0.573 e. The summed E-state index contributed by atoms with van der Waals surface area (Å²) in [6.45, 7) is 7.23. The topological polar surface area (TPSA) is 108 Å². The van der Waals surface area contributed by atoms with Gasteiger partial charge in [-0.1, -0.05) is 62.0 Å². The fraction of sp³-hybridized carbons (Fsp3) is 0.281. The number of hydrogen-bond acceptors (Lipinski definition) is 6. The van der Waals surface area contributed by atoms with Gasteiger partial charge in [0.25, 0.3) is 0 Å². The number of aromatic nitrogens is 3. The molecule has 1 fully saturated rings. The molecule has 13 heteroatoms. The van der Waals surface area contributed by atoms with Crippen LogP contribution in [-0.4, -0.2) is 51.2 Å². The molecule has 0 aliphatic carbocycles. The summed E-state index contributed by atoms with van der Waals surface area (Å²) >= 11 is 1.53. The van der Waals surface area contributed by atoms with Crippen molar-refractivity contribution in [1.29, 1.82) is 5.26 Å². The van der Waals surface area contributed by atoms with Crippen LogP contribution in [0.1, 0.15) is 42.4 Å².